The molecule has 1 atom stereocenters. The van der Waals surface area contributed by atoms with Gasteiger partial charge in [0.15, 0.2) is 0 Å². The van der Waals surface area contributed by atoms with Crippen LogP contribution in [-0.2, 0) is 0 Å². The van der Waals surface area contributed by atoms with Crippen LogP contribution in [0.15, 0.2) is 36.4 Å². The minimum atomic E-state index is -0.311. The Hall–Kier alpha value is -3.29. The molecule has 1 aromatic carbocycles. The van der Waals surface area contributed by atoms with E-state index in [1.54, 1.807) is 29.2 Å². The van der Waals surface area contributed by atoms with Gasteiger partial charge in [-0.2, -0.15) is 10.1 Å². The Bertz CT molecular complexity index is 998. The van der Waals surface area contributed by atoms with E-state index in [9.17, 15) is 9.18 Å². The molecule has 1 aliphatic heterocycles. The summed E-state index contributed by atoms with van der Waals surface area (Å²) < 4.78 is 19.1. The zero-order chi connectivity index (χ0) is 20.4. The normalized spacial score (nSPS) is 16.7. The fourth-order valence-electron chi connectivity index (χ4n) is 3.50. The maximum absolute atomic E-state index is 13.1. The number of hydrogen-bond acceptors (Lipinski definition) is 5. The van der Waals surface area contributed by atoms with E-state index in [1.807, 2.05) is 13.8 Å². The number of H-pyrrole nitrogens is 1. The van der Waals surface area contributed by atoms with Gasteiger partial charge in [-0.15, -0.1) is 0 Å². The number of carbonyl (C=O) groups excluding carboxylic acids is 1. The lowest BCUT2D eigenvalue weighted by atomic mass is 10.1. The molecule has 1 fully saturated rings. The van der Waals surface area contributed by atoms with Crippen molar-refractivity contribution >= 4 is 5.91 Å². The quantitative estimate of drug-likeness (QED) is 0.733. The maximum atomic E-state index is 13.1. The summed E-state index contributed by atoms with van der Waals surface area (Å²) in [4.78, 5) is 23.3. The first-order valence-electron chi connectivity index (χ1n) is 9.57. The molecule has 0 radical (unpaired) electrons. The average molecular weight is 395 g/mol. The van der Waals surface area contributed by atoms with Gasteiger partial charge in [-0.3, -0.25) is 9.89 Å². The number of piperidine rings is 1. The van der Waals surface area contributed by atoms with E-state index in [2.05, 4.69) is 20.2 Å². The maximum Gasteiger partial charge on any atom is 0.272 e. The number of rotatable bonds is 4. The van der Waals surface area contributed by atoms with Crippen LogP contribution in [0.5, 0.6) is 5.88 Å². The highest BCUT2D eigenvalue weighted by atomic mass is 19.1. The fraction of sp³-hybridized carbons (Fsp3) is 0.333. The molecule has 8 heteroatoms. The number of nitrogens with zero attached hydrogens (tertiary/aromatic N) is 4. The van der Waals surface area contributed by atoms with Gasteiger partial charge in [0.25, 0.3) is 5.91 Å². The summed E-state index contributed by atoms with van der Waals surface area (Å²) in [7, 11) is 0. The summed E-state index contributed by atoms with van der Waals surface area (Å²) in [6.07, 6.45) is 1.58. The van der Waals surface area contributed by atoms with Crippen molar-refractivity contribution in [3.05, 3.63) is 59.4 Å². The van der Waals surface area contributed by atoms with Crippen LogP contribution in [0.2, 0.25) is 0 Å². The molecule has 1 saturated heterocycles. The second-order valence-electron chi connectivity index (χ2n) is 7.20. The Morgan fingerprint density at radius 3 is 2.76 bits per heavy atom. The Morgan fingerprint density at radius 2 is 2.00 bits per heavy atom. The van der Waals surface area contributed by atoms with E-state index in [1.165, 1.54) is 12.1 Å². The van der Waals surface area contributed by atoms with Gasteiger partial charge in [-0.25, -0.2) is 9.37 Å². The SMILES string of the molecule is Cc1cc(O[C@@H]2CCCN(C(=O)c3cc(-c4ccc(F)cc4)n[nH]3)C2)nc(C)n1. The van der Waals surface area contributed by atoms with Gasteiger partial charge in [0.2, 0.25) is 5.88 Å². The topological polar surface area (TPSA) is 84.0 Å². The lowest BCUT2D eigenvalue weighted by molar-refractivity contribution is 0.0521. The van der Waals surface area contributed by atoms with Gasteiger partial charge >= 0.3 is 0 Å². The van der Waals surface area contributed by atoms with E-state index in [-0.39, 0.29) is 17.8 Å². The number of aromatic amines is 1. The Balaban J connectivity index is 1.44. The largest absolute Gasteiger partial charge is 0.472 e. The summed E-state index contributed by atoms with van der Waals surface area (Å²) in [5, 5.41) is 6.99. The minimum absolute atomic E-state index is 0.124. The lowest BCUT2D eigenvalue weighted by Crippen LogP contribution is -2.44. The van der Waals surface area contributed by atoms with Crippen molar-refractivity contribution in [1.29, 1.82) is 0 Å². The lowest BCUT2D eigenvalue weighted by Gasteiger charge is -2.32. The molecule has 150 valence electrons. The van der Waals surface area contributed by atoms with E-state index in [0.29, 0.717) is 36.2 Å². The molecule has 29 heavy (non-hydrogen) atoms. The van der Waals surface area contributed by atoms with Gasteiger partial charge in [0, 0.05) is 23.9 Å². The summed E-state index contributed by atoms with van der Waals surface area (Å²) in [5.74, 6) is 0.757. The van der Waals surface area contributed by atoms with Crippen molar-refractivity contribution in [2.45, 2.75) is 32.8 Å². The number of hydrogen-bond donors (Lipinski definition) is 1. The summed E-state index contributed by atoms with van der Waals surface area (Å²) in [6.45, 7) is 4.86. The first kappa shape index (κ1) is 19.0. The number of aryl methyl sites for hydroxylation is 2. The predicted octanol–water partition coefficient (Wildman–Crippen LogP) is 3.31. The molecule has 3 heterocycles. The first-order chi connectivity index (χ1) is 14.0. The number of halogens is 1. The first-order valence-corrected chi connectivity index (χ1v) is 9.57. The summed E-state index contributed by atoms with van der Waals surface area (Å²) in [5.41, 5.74) is 2.60. The Labute approximate surface area is 167 Å². The highest BCUT2D eigenvalue weighted by Crippen LogP contribution is 2.21. The van der Waals surface area contributed by atoms with Crippen molar-refractivity contribution in [1.82, 2.24) is 25.1 Å². The highest BCUT2D eigenvalue weighted by molar-refractivity contribution is 5.93. The fourth-order valence-corrected chi connectivity index (χ4v) is 3.50. The second kappa shape index (κ2) is 7.98. The zero-order valence-corrected chi connectivity index (χ0v) is 16.4. The number of nitrogens with one attached hydrogen (secondary N) is 1. The number of likely N-dealkylation sites (tertiary alicyclic amines) is 1. The van der Waals surface area contributed by atoms with Crippen LogP contribution in [0.25, 0.3) is 11.3 Å². The van der Waals surface area contributed by atoms with Gasteiger partial charge in [-0.1, -0.05) is 0 Å². The van der Waals surface area contributed by atoms with Crippen LogP contribution in [-0.4, -0.2) is 50.2 Å². The molecule has 7 nitrogen and oxygen atoms in total. The smallest absolute Gasteiger partial charge is 0.272 e. The number of aromatic nitrogens is 4. The van der Waals surface area contributed by atoms with Crippen LogP contribution in [0.4, 0.5) is 4.39 Å². The van der Waals surface area contributed by atoms with Crippen LogP contribution < -0.4 is 4.74 Å². The third-order valence-electron chi connectivity index (χ3n) is 4.84. The molecule has 0 bridgehead atoms. The summed E-state index contributed by atoms with van der Waals surface area (Å²) in [6, 6.07) is 9.50. The van der Waals surface area contributed by atoms with Crippen LogP contribution >= 0.6 is 0 Å². The molecule has 4 rings (SSSR count). The Kier molecular flexibility index (Phi) is 5.24. The van der Waals surface area contributed by atoms with Crippen molar-refractivity contribution in [3.8, 4) is 17.1 Å². The highest BCUT2D eigenvalue weighted by Gasteiger charge is 2.27. The molecule has 0 saturated carbocycles. The van der Waals surface area contributed by atoms with E-state index in [4.69, 9.17) is 4.74 Å². The van der Waals surface area contributed by atoms with Gasteiger partial charge in [0.05, 0.1) is 12.2 Å². The number of amides is 1. The van der Waals surface area contributed by atoms with Crippen LogP contribution in [0.1, 0.15) is 34.8 Å². The molecule has 1 aliphatic rings. The number of carbonyl (C=O) groups is 1. The van der Waals surface area contributed by atoms with Crippen molar-refractivity contribution in [2.75, 3.05) is 13.1 Å². The van der Waals surface area contributed by atoms with Crippen LogP contribution in [0, 0.1) is 19.7 Å². The molecular formula is C21H22FN5O2. The van der Waals surface area contributed by atoms with Gasteiger partial charge in [0.1, 0.15) is 23.4 Å². The van der Waals surface area contributed by atoms with E-state index >= 15 is 0 Å². The van der Waals surface area contributed by atoms with Crippen LogP contribution in [0.3, 0.4) is 0 Å². The van der Waals surface area contributed by atoms with Crippen molar-refractivity contribution < 1.29 is 13.9 Å². The van der Waals surface area contributed by atoms with E-state index in [0.717, 1.165) is 24.1 Å². The molecule has 0 spiro atoms. The molecule has 0 unspecified atom stereocenters. The molecular weight excluding hydrogens is 373 g/mol. The molecule has 1 N–H and O–H groups in total. The van der Waals surface area contributed by atoms with E-state index < -0.39 is 0 Å². The third kappa shape index (κ3) is 4.42. The predicted molar refractivity (Wildman–Crippen MR) is 105 cm³/mol. The second-order valence-corrected chi connectivity index (χ2v) is 7.20. The molecule has 2 aromatic heterocycles. The average Bonchev–Trinajstić information content (AvgIpc) is 3.17. The minimum Gasteiger partial charge on any atom is -0.472 e. The summed E-state index contributed by atoms with van der Waals surface area (Å²) >= 11 is 0. The van der Waals surface area contributed by atoms with Gasteiger partial charge in [-0.05, 0) is 57.0 Å². The molecule has 1 amide bonds. The monoisotopic (exact) mass is 395 g/mol. The molecule has 3 aromatic rings. The van der Waals surface area contributed by atoms with Crippen molar-refractivity contribution in [2.24, 2.45) is 0 Å². The number of ether oxygens (including phenoxy) is 1. The molecule has 0 aliphatic carbocycles. The third-order valence-corrected chi connectivity index (χ3v) is 4.84. The standard InChI is InChI=1S/C21H22FN5O2/c1-13-10-20(24-14(2)23-13)29-17-4-3-9-27(12-17)21(28)19-11-18(25-26-19)15-5-7-16(22)8-6-15/h5-8,10-11,17H,3-4,9,12H2,1-2H3,(H,25,26)/t17-/m1/s1. The zero-order valence-electron chi connectivity index (χ0n) is 16.4. The van der Waals surface area contributed by atoms with Gasteiger partial charge < -0.3 is 9.64 Å². The Morgan fingerprint density at radius 1 is 1.21 bits per heavy atom. The number of benzene rings is 1. The van der Waals surface area contributed by atoms with Crippen molar-refractivity contribution in [3.63, 3.8) is 0 Å².